The van der Waals surface area contributed by atoms with Crippen molar-refractivity contribution in [3.63, 3.8) is 0 Å². The van der Waals surface area contributed by atoms with E-state index >= 15 is 0 Å². The number of nitrogens with zero attached hydrogens (tertiary/aromatic N) is 3. The first-order chi connectivity index (χ1) is 10.8. The Bertz CT molecular complexity index is 493. The molecule has 1 saturated heterocycles. The number of nitrogens with one attached hydrogen (secondary N) is 1. The largest absolute Gasteiger partial charge is 0.401 e. The van der Waals surface area contributed by atoms with Crippen molar-refractivity contribution in [2.24, 2.45) is 5.92 Å². The molecule has 0 radical (unpaired) electrons. The van der Waals surface area contributed by atoms with Gasteiger partial charge in [-0.2, -0.15) is 18.3 Å². The third-order valence-corrected chi connectivity index (χ3v) is 3.61. The fraction of sp³-hybridized carbons (Fsp3) is 0.714. The minimum absolute atomic E-state index is 0.0184. The number of alkyl halides is 3. The zero-order chi connectivity index (χ0) is 16.9. The van der Waals surface area contributed by atoms with E-state index in [1.807, 2.05) is 13.1 Å². The van der Waals surface area contributed by atoms with Crippen molar-refractivity contribution in [1.29, 1.82) is 0 Å². The molecule has 1 amide bonds. The second kappa shape index (κ2) is 7.78. The molecular weight excluding hydrogens is 313 g/mol. The van der Waals surface area contributed by atoms with Gasteiger partial charge < -0.3 is 10.1 Å². The first kappa shape index (κ1) is 17.7. The standard InChI is InChI=1S/C14H21F3N4O2/c1-11(8-21-4-2-3-19-21)7-18-13(22)12-9-23-6-5-20(12)10-14(15,16)17/h2-4,11-12H,5-10H2,1H3,(H,18,22)/t11-,12-/m0/s1. The highest BCUT2D eigenvalue weighted by Gasteiger charge is 2.38. The molecule has 9 heteroatoms. The molecule has 1 aromatic rings. The van der Waals surface area contributed by atoms with Crippen LogP contribution in [0.1, 0.15) is 6.92 Å². The van der Waals surface area contributed by atoms with Gasteiger partial charge in [0.15, 0.2) is 0 Å². The topological polar surface area (TPSA) is 59.4 Å². The summed E-state index contributed by atoms with van der Waals surface area (Å²) in [5.41, 5.74) is 0. The first-order valence-corrected chi connectivity index (χ1v) is 7.49. The van der Waals surface area contributed by atoms with Crippen molar-refractivity contribution in [1.82, 2.24) is 20.0 Å². The molecule has 0 bridgehead atoms. The van der Waals surface area contributed by atoms with Crippen LogP contribution in [-0.2, 0) is 16.1 Å². The molecule has 6 nitrogen and oxygen atoms in total. The number of carbonyl (C=O) groups is 1. The van der Waals surface area contributed by atoms with E-state index in [4.69, 9.17) is 4.74 Å². The van der Waals surface area contributed by atoms with Crippen LogP contribution < -0.4 is 5.32 Å². The van der Waals surface area contributed by atoms with Crippen LogP contribution in [0, 0.1) is 5.92 Å². The molecule has 2 atom stereocenters. The van der Waals surface area contributed by atoms with E-state index in [0.29, 0.717) is 13.1 Å². The molecule has 1 aliphatic rings. The normalized spacial score (nSPS) is 21.1. The summed E-state index contributed by atoms with van der Waals surface area (Å²) in [6, 6.07) is 0.905. The average Bonchev–Trinajstić information content (AvgIpc) is 2.96. The summed E-state index contributed by atoms with van der Waals surface area (Å²) < 4.78 is 44.6. The van der Waals surface area contributed by atoms with Crippen LogP contribution in [0.3, 0.4) is 0 Å². The number of amides is 1. The molecule has 1 fully saturated rings. The van der Waals surface area contributed by atoms with Gasteiger partial charge in [0.2, 0.25) is 5.91 Å². The smallest absolute Gasteiger partial charge is 0.378 e. The summed E-state index contributed by atoms with van der Waals surface area (Å²) >= 11 is 0. The third-order valence-electron chi connectivity index (χ3n) is 3.61. The Balaban J connectivity index is 1.82. The van der Waals surface area contributed by atoms with Crippen LogP contribution >= 0.6 is 0 Å². The molecule has 2 heterocycles. The highest BCUT2D eigenvalue weighted by Crippen LogP contribution is 2.19. The lowest BCUT2D eigenvalue weighted by Gasteiger charge is -2.35. The fourth-order valence-corrected chi connectivity index (χ4v) is 2.48. The van der Waals surface area contributed by atoms with Gasteiger partial charge in [-0.1, -0.05) is 6.92 Å². The number of ether oxygens (including phenoxy) is 1. The van der Waals surface area contributed by atoms with E-state index in [-0.39, 0.29) is 25.7 Å². The molecule has 1 aliphatic heterocycles. The Kier molecular flexibility index (Phi) is 6.00. The fourth-order valence-electron chi connectivity index (χ4n) is 2.48. The van der Waals surface area contributed by atoms with E-state index in [0.717, 1.165) is 4.90 Å². The van der Waals surface area contributed by atoms with Gasteiger partial charge >= 0.3 is 6.18 Å². The van der Waals surface area contributed by atoms with Gasteiger partial charge in [-0.05, 0) is 12.0 Å². The maximum Gasteiger partial charge on any atom is 0.401 e. The maximum absolute atomic E-state index is 12.6. The molecular formula is C14H21F3N4O2. The summed E-state index contributed by atoms with van der Waals surface area (Å²) in [5, 5.41) is 6.79. The lowest BCUT2D eigenvalue weighted by atomic mass is 10.1. The van der Waals surface area contributed by atoms with E-state index < -0.39 is 24.7 Å². The maximum atomic E-state index is 12.6. The lowest BCUT2D eigenvalue weighted by molar-refractivity contribution is -0.166. The van der Waals surface area contributed by atoms with Crippen molar-refractivity contribution in [2.75, 3.05) is 32.8 Å². The molecule has 1 aromatic heterocycles. The molecule has 0 spiro atoms. The molecule has 0 aliphatic carbocycles. The van der Waals surface area contributed by atoms with Crippen LogP contribution in [0.25, 0.3) is 0 Å². The quantitative estimate of drug-likeness (QED) is 0.840. The third kappa shape index (κ3) is 5.83. The zero-order valence-corrected chi connectivity index (χ0v) is 12.9. The monoisotopic (exact) mass is 334 g/mol. The lowest BCUT2D eigenvalue weighted by Crippen LogP contribution is -2.56. The number of morpholine rings is 1. The summed E-state index contributed by atoms with van der Waals surface area (Å²) in [6.07, 6.45) is -0.846. The van der Waals surface area contributed by atoms with Crippen LogP contribution in [0.5, 0.6) is 0 Å². The first-order valence-electron chi connectivity index (χ1n) is 7.49. The predicted molar refractivity (Wildman–Crippen MR) is 76.6 cm³/mol. The Labute approximate surface area is 132 Å². The van der Waals surface area contributed by atoms with Gasteiger partial charge in [0, 0.05) is 32.0 Å². The number of carbonyl (C=O) groups excluding carboxylic acids is 1. The van der Waals surface area contributed by atoms with Crippen molar-refractivity contribution in [3.05, 3.63) is 18.5 Å². The summed E-state index contributed by atoms with van der Waals surface area (Å²) in [7, 11) is 0. The number of hydrogen-bond donors (Lipinski definition) is 1. The molecule has 0 aromatic carbocycles. The second-order valence-corrected chi connectivity index (χ2v) is 5.75. The average molecular weight is 334 g/mol. The van der Waals surface area contributed by atoms with Gasteiger partial charge in [-0.3, -0.25) is 14.4 Å². The minimum Gasteiger partial charge on any atom is -0.378 e. The number of aromatic nitrogens is 2. The predicted octanol–water partition coefficient (Wildman–Crippen LogP) is 0.898. The van der Waals surface area contributed by atoms with Gasteiger partial charge in [-0.15, -0.1) is 0 Å². The van der Waals surface area contributed by atoms with Crippen LogP contribution in [0.4, 0.5) is 13.2 Å². The highest BCUT2D eigenvalue weighted by atomic mass is 19.4. The summed E-state index contributed by atoms with van der Waals surface area (Å²) in [6.45, 7) is 2.12. The number of rotatable bonds is 6. The number of hydrogen-bond acceptors (Lipinski definition) is 4. The van der Waals surface area contributed by atoms with Crippen LogP contribution in [0.15, 0.2) is 18.5 Å². The molecule has 130 valence electrons. The van der Waals surface area contributed by atoms with Crippen molar-refractivity contribution < 1.29 is 22.7 Å². The SMILES string of the molecule is C[C@@H](CNC(=O)[C@@H]1COCCN1CC(F)(F)F)Cn1cccn1. The van der Waals surface area contributed by atoms with Gasteiger partial charge in [-0.25, -0.2) is 0 Å². The highest BCUT2D eigenvalue weighted by molar-refractivity contribution is 5.82. The Hall–Kier alpha value is -1.61. The van der Waals surface area contributed by atoms with E-state index in [1.165, 1.54) is 0 Å². The van der Waals surface area contributed by atoms with Gasteiger partial charge in [0.05, 0.1) is 19.8 Å². The zero-order valence-electron chi connectivity index (χ0n) is 12.9. The van der Waals surface area contributed by atoms with E-state index in [9.17, 15) is 18.0 Å². The molecule has 0 unspecified atom stereocenters. The van der Waals surface area contributed by atoms with E-state index in [2.05, 4.69) is 10.4 Å². The van der Waals surface area contributed by atoms with Gasteiger partial charge in [0.25, 0.3) is 0 Å². The minimum atomic E-state index is -4.33. The van der Waals surface area contributed by atoms with Crippen LogP contribution in [0.2, 0.25) is 0 Å². The Morgan fingerprint density at radius 1 is 1.52 bits per heavy atom. The molecule has 0 saturated carbocycles. The molecule has 23 heavy (non-hydrogen) atoms. The van der Waals surface area contributed by atoms with E-state index in [1.54, 1.807) is 16.9 Å². The van der Waals surface area contributed by atoms with Crippen molar-refractivity contribution >= 4 is 5.91 Å². The number of halogens is 3. The summed E-state index contributed by atoms with van der Waals surface area (Å²) in [5.74, 6) is -0.319. The van der Waals surface area contributed by atoms with Crippen LogP contribution in [-0.4, -0.2) is 65.7 Å². The van der Waals surface area contributed by atoms with Crippen molar-refractivity contribution in [3.8, 4) is 0 Å². The molecule has 2 rings (SSSR count). The Morgan fingerprint density at radius 2 is 2.30 bits per heavy atom. The van der Waals surface area contributed by atoms with Crippen molar-refractivity contribution in [2.45, 2.75) is 25.7 Å². The van der Waals surface area contributed by atoms with Gasteiger partial charge in [0.1, 0.15) is 6.04 Å². The second-order valence-electron chi connectivity index (χ2n) is 5.75. The summed E-state index contributed by atoms with van der Waals surface area (Å²) in [4.78, 5) is 13.3. The Morgan fingerprint density at radius 3 is 2.96 bits per heavy atom. The molecule has 1 N–H and O–H groups in total.